The highest BCUT2D eigenvalue weighted by Crippen LogP contribution is 2.29. The molecule has 0 aliphatic heterocycles. The molecule has 0 radical (unpaired) electrons. The fourth-order valence-electron chi connectivity index (χ4n) is 2.51. The van der Waals surface area contributed by atoms with E-state index in [-0.39, 0.29) is 17.0 Å². The van der Waals surface area contributed by atoms with E-state index >= 15 is 0 Å². The zero-order valence-corrected chi connectivity index (χ0v) is 15.1. The maximum absolute atomic E-state index is 12.3. The van der Waals surface area contributed by atoms with Gasteiger partial charge in [-0.1, -0.05) is 48.6 Å². The van der Waals surface area contributed by atoms with Gasteiger partial charge in [-0.15, -0.1) is 0 Å². The lowest BCUT2D eigenvalue weighted by molar-refractivity contribution is -0.384. The molecule has 0 atom stereocenters. The normalized spacial score (nSPS) is 10.6. The van der Waals surface area contributed by atoms with Crippen molar-refractivity contribution in [3.05, 3.63) is 99.6 Å². The molecule has 140 valence electrons. The van der Waals surface area contributed by atoms with Gasteiger partial charge in [-0.25, -0.2) is 4.79 Å². The number of carbonyl (C=O) groups excluding carboxylic acids is 1. The lowest BCUT2D eigenvalue weighted by Gasteiger charge is -2.10. The van der Waals surface area contributed by atoms with Crippen LogP contribution in [0, 0.1) is 10.1 Å². The van der Waals surface area contributed by atoms with Crippen molar-refractivity contribution in [2.24, 2.45) is 0 Å². The van der Waals surface area contributed by atoms with E-state index in [9.17, 15) is 14.9 Å². The average molecular weight is 375 g/mol. The molecule has 0 aromatic heterocycles. The molecule has 0 aliphatic rings. The summed E-state index contributed by atoms with van der Waals surface area (Å²) in [6, 6.07) is 20.3. The summed E-state index contributed by atoms with van der Waals surface area (Å²) >= 11 is 0. The second-order valence-corrected chi connectivity index (χ2v) is 5.85. The van der Waals surface area contributed by atoms with Gasteiger partial charge in [0.15, 0.2) is 11.5 Å². The van der Waals surface area contributed by atoms with Crippen LogP contribution < -0.4 is 9.47 Å². The first-order chi connectivity index (χ1) is 13.6. The lowest BCUT2D eigenvalue weighted by Crippen LogP contribution is -2.09. The van der Waals surface area contributed by atoms with Gasteiger partial charge in [-0.2, -0.15) is 0 Å². The first-order valence-electron chi connectivity index (χ1n) is 8.44. The number of benzene rings is 3. The Morgan fingerprint density at radius 1 is 0.893 bits per heavy atom. The Balaban J connectivity index is 1.75. The first-order valence-corrected chi connectivity index (χ1v) is 8.44. The van der Waals surface area contributed by atoms with Gasteiger partial charge in [0.1, 0.15) is 0 Å². The van der Waals surface area contributed by atoms with E-state index in [2.05, 4.69) is 0 Å². The van der Waals surface area contributed by atoms with Crippen molar-refractivity contribution in [2.75, 3.05) is 7.11 Å². The van der Waals surface area contributed by atoms with Crippen LogP contribution in [0.4, 0.5) is 5.69 Å². The number of rotatable bonds is 6. The third-order valence-electron chi connectivity index (χ3n) is 3.97. The minimum absolute atomic E-state index is 0.0938. The molecule has 3 aromatic rings. The number of hydrogen-bond acceptors (Lipinski definition) is 5. The van der Waals surface area contributed by atoms with Crippen molar-refractivity contribution in [3.8, 4) is 11.5 Å². The molecule has 0 saturated carbocycles. The van der Waals surface area contributed by atoms with Crippen LogP contribution >= 0.6 is 0 Å². The van der Waals surface area contributed by atoms with Crippen molar-refractivity contribution in [1.29, 1.82) is 0 Å². The van der Waals surface area contributed by atoms with Crippen molar-refractivity contribution in [3.63, 3.8) is 0 Å². The predicted octanol–water partition coefficient (Wildman–Crippen LogP) is 4.99. The molecule has 3 aromatic carbocycles. The van der Waals surface area contributed by atoms with E-state index in [0.717, 1.165) is 11.1 Å². The third-order valence-corrected chi connectivity index (χ3v) is 3.97. The maximum Gasteiger partial charge on any atom is 0.343 e. The summed E-state index contributed by atoms with van der Waals surface area (Å²) in [6.07, 6.45) is 3.90. The van der Waals surface area contributed by atoms with Gasteiger partial charge >= 0.3 is 5.97 Å². The Hall–Kier alpha value is -3.93. The second kappa shape index (κ2) is 8.64. The van der Waals surface area contributed by atoms with Gasteiger partial charge in [0.05, 0.1) is 17.6 Å². The summed E-state index contributed by atoms with van der Waals surface area (Å²) in [6.45, 7) is 0. The van der Waals surface area contributed by atoms with Crippen LogP contribution in [0.3, 0.4) is 0 Å². The maximum atomic E-state index is 12.3. The van der Waals surface area contributed by atoms with Crippen LogP contribution in [0.2, 0.25) is 0 Å². The standard InChI is InChI=1S/C22H17NO5/c1-27-21-15-17(8-7-16-5-3-2-4-6-16)9-14-20(21)28-22(24)18-10-12-19(13-11-18)23(25)26/h2-15H,1H3/b8-7+. The smallest absolute Gasteiger partial charge is 0.343 e. The monoisotopic (exact) mass is 375 g/mol. The third kappa shape index (κ3) is 4.62. The fourth-order valence-corrected chi connectivity index (χ4v) is 2.51. The molecule has 28 heavy (non-hydrogen) atoms. The summed E-state index contributed by atoms with van der Waals surface area (Å²) < 4.78 is 10.7. The van der Waals surface area contributed by atoms with Gasteiger partial charge < -0.3 is 9.47 Å². The number of methoxy groups -OCH3 is 1. The molecule has 6 heteroatoms. The molecule has 0 bridgehead atoms. The van der Waals surface area contributed by atoms with Crippen LogP contribution in [0.25, 0.3) is 12.2 Å². The highest BCUT2D eigenvalue weighted by Gasteiger charge is 2.14. The van der Waals surface area contributed by atoms with Crippen molar-refractivity contribution in [2.45, 2.75) is 0 Å². The Bertz CT molecular complexity index is 1010. The van der Waals surface area contributed by atoms with E-state index in [1.807, 2.05) is 42.5 Å². The Morgan fingerprint density at radius 3 is 2.21 bits per heavy atom. The molecule has 0 unspecified atom stereocenters. The van der Waals surface area contributed by atoms with Gasteiger partial charge in [-0.05, 0) is 35.4 Å². The van der Waals surface area contributed by atoms with E-state index in [1.165, 1.54) is 31.4 Å². The largest absolute Gasteiger partial charge is 0.493 e. The zero-order valence-electron chi connectivity index (χ0n) is 15.1. The van der Waals surface area contributed by atoms with Gasteiger partial charge in [0.2, 0.25) is 0 Å². The molecule has 0 aliphatic carbocycles. The predicted molar refractivity (Wildman–Crippen MR) is 106 cm³/mol. The van der Waals surface area contributed by atoms with Crippen LogP contribution in [0.1, 0.15) is 21.5 Å². The molecule has 0 spiro atoms. The lowest BCUT2D eigenvalue weighted by atomic mass is 10.1. The average Bonchev–Trinajstić information content (AvgIpc) is 2.73. The number of carbonyl (C=O) groups is 1. The van der Waals surface area contributed by atoms with Crippen LogP contribution in [0.15, 0.2) is 72.8 Å². The highest BCUT2D eigenvalue weighted by atomic mass is 16.6. The van der Waals surface area contributed by atoms with E-state index < -0.39 is 10.9 Å². The van der Waals surface area contributed by atoms with Crippen molar-refractivity contribution in [1.82, 2.24) is 0 Å². The summed E-state index contributed by atoms with van der Waals surface area (Å²) in [5, 5.41) is 10.7. The number of nitrogens with zero attached hydrogens (tertiary/aromatic N) is 1. The number of nitro benzene ring substituents is 1. The summed E-state index contributed by atoms with van der Waals surface area (Å²) in [7, 11) is 1.49. The first kappa shape index (κ1) is 18.8. The molecule has 0 saturated heterocycles. The SMILES string of the molecule is COc1cc(/C=C/c2ccccc2)ccc1OC(=O)c1ccc([N+](=O)[O-])cc1. The van der Waals surface area contributed by atoms with E-state index in [4.69, 9.17) is 9.47 Å². The quantitative estimate of drug-likeness (QED) is 0.199. The fraction of sp³-hybridized carbons (Fsp3) is 0.0455. The van der Waals surface area contributed by atoms with Gasteiger partial charge in [-0.3, -0.25) is 10.1 Å². The Kier molecular flexibility index (Phi) is 5.81. The van der Waals surface area contributed by atoms with Crippen LogP contribution in [-0.2, 0) is 0 Å². The van der Waals surface area contributed by atoms with Crippen LogP contribution in [0.5, 0.6) is 11.5 Å². The molecular weight excluding hydrogens is 358 g/mol. The topological polar surface area (TPSA) is 78.7 Å². The molecule has 0 amide bonds. The summed E-state index contributed by atoms with van der Waals surface area (Å²) in [5.41, 5.74) is 2.07. The van der Waals surface area contributed by atoms with E-state index in [1.54, 1.807) is 18.2 Å². The van der Waals surface area contributed by atoms with Crippen LogP contribution in [-0.4, -0.2) is 18.0 Å². The second-order valence-electron chi connectivity index (χ2n) is 5.85. The Morgan fingerprint density at radius 2 is 1.57 bits per heavy atom. The molecule has 6 nitrogen and oxygen atoms in total. The number of esters is 1. The Labute approximate surface area is 161 Å². The molecule has 0 fully saturated rings. The number of nitro groups is 1. The molecular formula is C22H17NO5. The molecule has 0 heterocycles. The zero-order chi connectivity index (χ0) is 19.9. The highest BCUT2D eigenvalue weighted by molar-refractivity contribution is 5.91. The van der Waals surface area contributed by atoms with E-state index in [0.29, 0.717) is 5.75 Å². The minimum atomic E-state index is -0.624. The summed E-state index contributed by atoms with van der Waals surface area (Å²) in [5.74, 6) is 0.0500. The molecule has 0 N–H and O–H groups in total. The molecule has 3 rings (SSSR count). The number of ether oxygens (including phenoxy) is 2. The number of non-ortho nitro benzene ring substituents is 1. The van der Waals surface area contributed by atoms with Crippen molar-refractivity contribution >= 4 is 23.8 Å². The summed E-state index contributed by atoms with van der Waals surface area (Å²) in [4.78, 5) is 22.5. The minimum Gasteiger partial charge on any atom is -0.493 e. The van der Waals surface area contributed by atoms with Gasteiger partial charge in [0, 0.05) is 12.1 Å². The van der Waals surface area contributed by atoms with Gasteiger partial charge in [0.25, 0.3) is 5.69 Å². The van der Waals surface area contributed by atoms with Crippen molar-refractivity contribution < 1.29 is 19.2 Å². The number of hydrogen-bond donors (Lipinski definition) is 0.